The van der Waals surface area contributed by atoms with Gasteiger partial charge in [-0.15, -0.1) is 0 Å². The van der Waals surface area contributed by atoms with Gasteiger partial charge in [0.1, 0.15) is 11.5 Å². The van der Waals surface area contributed by atoms with Crippen LogP contribution in [0, 0.1) is 13.8 Å². The van der Waals surface area contributed by atoms with E-state index in [2.05, 4.69) is 4.72 Å². The highest BCUT2D eigenvalue weighted by Gasteiger charge is 2.15. The molecule has 0 aliphatic carbocycles. The Bertz CT molecular complexity index is 493. The number of rotatable bonds is 8. The number of aliphatic hydroxyl groups is 1. The topological polar surface area (TPSA) is 79.5 Å². The van der Waals surface area contributed by atoms with Gasteiger partial charge < -0.3 is 9.52 Å². The van der Waals surface area contributed by atoms with E-state index < -0.39 is 16.1 Å². The molecule has 2 N–H and O–H groups in total. The number of aliphatic hydroxyl groups excluding tert-OH is 1. The molecule has 1 atom stereocenters. The van der Waals surface area contributed by atoms with Crippen LogP contribution in [0.15, 0.2) is 10.5 Å². The molecule has 1 rings (SSSR count). The van der Waals surface area contributed by atoms with E-state index in [1.54, 1.807) is 13.0 Å². The van der Waals surface area contributed by atoms with Crippen molar-refractivity contribution in [3.63, 3.8) is 0 Å². The van der Waals surface area contributed by atoms with E-state index in [0.717, 1.165) is 17.7 Å². The summed E-state index contributed by atoms with van der Waals surface area (Å²) in [7, 11) is -3.21. The van der Waals surface area contributed by atoms with Crippen LogP contribution in [0.2, 0.25) is 0 Å². The maximum absolute atomic E-state index is 11.6. The van der Waals surface area contributed by atoms with Crippen molar-refractivity contribution >= 4 is 10.0 Å². The number of hydrogen-bond acceptors (Lipinski definition) is 4. The third-order valence-corrected chi connectivity index (χ3v) is 4.41. The van der Waals surface area contributed by atoms with Gasteiger partial charge >= 0.3 is 0 Å². The van der Waals surface area contributed by atoms with Crippen molar-refractivity contribution in [3.05, 3.63) is 23.2 Å². The van der Waals surface area contributed by atoms with Crippen LogP contribution in [-0.4, -0.2) is 25.8 Å². The molecule has 1 unspecified atom stereocenters. The van der Waals surface area contributed by atoms with E-state index in [1.165, 1.54) is 0 Å². The second-order valence-corrected chi connectivity index (χ2v) is 6.67. The van der Waals surface area contributed by atoms with Gasteiger partial charge in [0.15, 0.2) is 0 Å². The monoisotopic (exact) mass is 289 g/mol. The van der Waals surface area contributed by atoms with Gasteiger partial charge in [-0.2, -0.15) is 0 Å². The van der Waals surface area contributed by atoms with Gasteiger partial charge in [-0.1, -0.05) is 13.3 Å². The molecule has 0 bridgehead atoms. The molecule has 6 heteroatoms. The first-order chi connectivity index (χ1) is 8.85. The van der Waals surface area contributed by atoms with Crippen LogP contribution >= 0.6 is 0 Å². The van der Waals surface area contributed by atoms with E-state index in [1.807, 2.05) is 13.8 Å². The van der Waals surface area contributed by atoms with Gasteiger partial charge in [-0.3, -0.25) is 0 Å². The van der Waals surface area contributed by atoms with Gasteiger partial charge in [0.2, 0.25) is 10.0 Å². The quantitative estimate of drug-likeness (QED) is 0.767. The summed E-state index contributed by atoms with van der Waals surface area (Å²) in [5, 5.41) is 9.99. The lowest BCUT2D eigenvalue weighted by Crippen LogP contribution is -2.28. The van der Waals surface area contributed by atoms with Gasteiger partial charge in [0, 0.05) is 12.1 Å². The van der Waals surface area contributed by atoms with Crippen LogP contribution in [0.4, 0.5) is 0 Å². The number of nitrogens with one attached hydrogen (secondary N) is 1. The van der Waals surface area contributed by atoms with Crippen molar-refractivity contribution < 1.29 is 17.9 Å². The third-order valence-electron chi connectivity index (χ3n) is 2.94. The molecule has 19 heavy (non-hydrogen) atoms. The summed E-state index contributed by atoms with van der Waals surface area (Å²) in [6, 6.07) is 1.78. The molecule has 110 valence electrons. The van der Waals surface area contributed by atoms with Crippen molar-refractivity contribution in [1.82, 2.24) is 4.72 Å². The van der Waals surface area contributed by atoms with Crippen LogP contribution < -0.4 is 4.72 Å². The number of hydrogen-bond donors (Lipinski definition) is 2. The predicted molar refractivity (Wildman–Crippen MR) is 74.5 cm³/mol. The Labute approximate surface area is 115 Å². The summed E-state index contributed by atoms with van der Waals surface area (Å²) in [5.41, 5.74) is 0.727. The van der Waals surface area contributed by atoms with Crippen molar-refractivity contribution in [1.29, 1.82) is 0 Å². The zero-order valence-corrected chi connectivity index (χ0v) is 12.6. The molecule has 1 aromatic heterocycles. The first-order valence-corrected chi connectivity index (χ1v) is 8.23. The van der Waals surface area contributed by atoms with Gasteiger partial charge in [0.25, 0.3) is 0 Å². The Morgan fingerprint density at radius 1 is 1.42 bits per heavy atom. The van der Waals surface area contributed by atoms with Crippen molar-refractivity contribution in [2.75, 3.05) is 12.3 Å². The van der Waals surface area contributed by atoms with Crippen LogP contribution in [0.3, 0.4) is 0 Å². The molecule has 0 radical (unpaired) electrons. The summed E-state index contributed by atoms with van der Waals surface area (Å²) in [5.74, 6) is 1.57. The van der Waals surface area contributed by atoms with Crippen LogP contribution in [0.25, 0.3) is 0 Å². The molecule has 0 aromatic carbocycles. The van der Waals surface area contributed by atoms with Crippen LogP contribution in [-0.2, 0) is 10.0 Å². The minimum absolute atomic E-state index is 0.142. The average molecular weight is 289 g/mol. The van der Waals surface area contributed by atoms with E-state index in [-0.39, 0.29) is 12.3 Å². The minimum atomic E-state index is -3.21. The molecule has 1 aromatic rings. The third kappa shape index (κ3) is 5.34. The second-order valence-electron chi connectivity index (χ2n) is 4.74. The number of sulfonamides is 1. The molecular weight excluding hydrogens is 266 g/mol. The smallest absolute Gasteiger partial charge is 0.211 e. The molecule has 0 aliphatic heterocycles. The van der Waals surface area contributed by atoms with Crippen molar-refractivity contribution in [2.45, 2.75) is 46.1 Å². The van der Waals surface area contributed by atoms with E-state index in [4.69, 9.17) is 4.42 Å². The summed E-state index contributed by atoms with van der Waals surface area (Å²) in [6.45, 7) is 5.79. The lowest BCUT2D eigenvalue weighted by molar-refractivity contribution is 0.167. The highest BCUT2D eigenvalue weighted by Crippen LogP contribution is 2.23. The first-order valence-electron chi connectivity index (χ1n) is 6.58. The number of furan rings is 1. The Balaban J connectivity index is 2.43. The fourth-order valence-corrected chi connectivity index (χ4v) is 3.14. The fraction of sp³-hybridized carbons (Fsp3) is 0.692. The molecule has 0 spiro atoms. The summed E-state index contributed by atoms with van der Waals surface area (Å²) in [6.07, 6.45) is 1.13. The molecule has 0 aliphatic rings. The highest BCUT2D eigenvalue weighted by atomic mass is 32.2. The van der Waals surface area contributed by atoms with E-state index >= 15 is 0 Å². The van der Waals surface area contributed by atoms with E-state index in [9.17, 15) is 13.5 Å². The summed E-state index contributed by atoms with van der Waals surface area (Å²) < 4.78 is 31.0. The first kappa shape index (κ1) is 16.2. The molecule has 0 saturated heterocycles. The summed E-state index contributed by atoms with van der Waals surface area (Å²) in [4.78, 5) is 0. The van der Waals surface area contributed by atoms with E-state index in [0.29, 0.717) is 18.6 Å². The maximum Gasteiger partial charge on any atom is 0.211 e. The molecular formula is C13H23NO4S. The highest BCUT2D eigenvalue weighted by molar-refractivity contribution is 7.89. The SMILES string of the molecule is CCCCS(=O)(=O)NCCC(O)c1cc(C)oc1C. The maximum atomic E-state index is 11.6. The number of unbranched alkanes of at least 4 members (excludes halogenated alkanes) is 1. The zero-order valence-electron chi connectivity index (χ0n) is 11.8. The average Bonchev–Trinajstić information content (AvgIpc) is 2.65. The zero-order chi connectivity index (χ0) is 14.5. The predicted octanol–water partition coefficient (Wildman–Crippen LogP) is 2.04. The van der Waals surface area contributed by atoms with Gasteiger partial charge in [-0.05, 0) is 32.8 Å². The minimum Gasteiger partial charge on any atom is -0.466 e. The standard InChI is InChI=1S/C13H23NO4S/c1-4-5-8-19(16,17)14-7-6-13(15)12-9-10(2)18-11(12)3/h9,13-15H,4-8H2,1-3H3. The van der Waals surface area contributed by atoms with Crippen LogP contribution in [0.5, 0.6) is 0 Å². The summed E-state index contributed by atoms with van der Waals surface area (Å²) >= 11 is 0. The Kier molecular flexibility index (Phi) is 6.03. The molecule has 0 fully saturated rings. The Morgan fingerprint density at radius 3 is 2.63 bits per heavy atom. The molecule has 0 saturated carbocycles. The second kappa shape index (κ2) is 7.07. The largest absolute Gasteiger partial charge is 0.466 e. The molecule has 0 amide bonds. The van der Waals surface area contributed by atoms with Crippen LogP contribution in [0.1, 0.15) is 49.4 Å². The molecule has 1 heterocycles. The molecule has 5 nitrogen and oxygen atoms in total. The van der Waals surface area contributed by atoms with Gasteiger partial charge in [-0.25, -0.2) is 13.1 Å². The normalized spacial score (nSPS) is 13.7. The lowest BCUT2D eigenvalue weighted by Gasteiger charge is -2.10. The fourth-order valence-electron chi connectivity index (χ4n) is 1.89. The number of aryl methyl sites for hydroxylation is 2. The Hall–Kier alpha value is -0.850. The lowest BCUT2D eigenvalue weighted by atomic mass is 10.1. The Morgan fingerprint density at radius 2 is 2.11 bits per heavy atom. The van der Waals surface area contributed by atoms with Crippen molar-refractivity contribution in [3.8, 4) is 0 Å². The van der Waals surface area contributed by atoms with Gasteiger partial charge in [0.05, 0.1) is 11.9 Å². The van der Waals surface area contributed by atoms with Crippen molar-refractivity contribution in [2.24, 2.45) is 0 Å².